The Hall–Kier alpha value is -2.95. The van der Waals surface area contributed by atoms with E-state index in [0.29, 0.717) is 29.4 Å². The molecule has 10 heteroatoms. The van der Waals surface area contributed by atoms with Crippen molar-refractivity contribution in [1.82, 2.24) is 14.8 Å². The van der Waals surface area contributed by atoms with Gasteiger partial charge in [-0.25, -0.2) is 13.4 Å². The van der Waals surface area contributed by atoms with Gasteiger partial charge in [-0.3, -0.25) is 14.4 Å². The van der Waals surface area contributed by atoms with Crippen LogP contribution in [0.3, 0.4) is 0 Å². The summed E-state index contributed by atoms with van der Waals surface area (Å²) < 4.78 is 32.9. The van der Waals surface area contributed by atoms with E-state index in [0.717, 1.165) is 31.0 Å². The van der Waals surface area contributed by atoms with Crippen LogP contribution in [0.5, 0.6) is 5.75 Å². The summed E-state index contributed by atoms with van der Waals surface area (Å²) >= 11 is 1.06. The molecule has 2 aromatic carbocycles. The Balaban J connectivity index is 1.39. The molecule has 0 spiro atoms. The van der Waals surface area contributed by atoms with Gasteiger partial charge in [0.25, 0.3) is 15.9 Å². The fourth-order valence-corrected chi connectivity index (χ4v) is 5.83. The number of carbonyl (C=O) groups is 1. The maximum Gasteiger partial charge on any atom is 0.266 e. The number of nitrogens with zero attached hydrogens (tertiary/aromatic N) is 3. The van der Waals surface area contributed by atoms with Crippen LogP contribution in [0.25, 0.3) is 0 Å². The van der Waals surface area contributed by atoms with Crippen molar-refractivity contribution in [1.29, 1.82) is 0 Å². The van der Waals surface area contributed by atoms with Crippen molar-refractivity contribution >= 4 is 32.4 Å². The zero-order valence-electron chi connectivity index (χ0n) is 18.5. The second-order valence-corrected chi connectivity index (χ2v) is 10.5. The Morgan fingerprint density at radius 1 is 1.06 bits per heavy atom. The number of aryl methyl sites for hydroxylation is 1. The van der Waals surface area contributed by atoms with Crippen molar-refractivity contribution in [2.24, 2.45) is 0 Å². The number of ether oxygens (including phenoxy) is 1. The molecule has 8 nitrogen and oxygen atoms in total. The molecule has 0 bridgehead atoms. The van der Waals surface area contributed by atoms with E-state index in [-0.39, 0.29) is 15.9 Å². The van der Waals surface area contributed by atoms with Crippen molar-refractivity contribution in [3.8, 4) is 5.75 Å². The fourth-order valence-electron chi connectivity index (χ4n) is 3.66. The minimum Gasteiger partial charge on any atom is -0.497 e. The Morgan fingerprint density at radius 2 is 1.73 bits per heavy atom. The average molecular weight is 487 g/mol. The van der Waals surface area contributed by atoms with Crippen LogP contribution < -0.4 is 9.46 Å². The quantitative estimate of drug-likeness (QED) is 0.551. The van der Waals surface area contributed by atoms with E-state index in [1.54, 1.807) is 19.1 Å². The maximum absolute atomic E-state index is 13.1. The van der Waals surface area contributed by atoms with Crippen molar-refractivity contribution < 1.29 is 17.9 Å². The molecule has 1 fully saturated rings. The first-order valence-corrected chi connectivity index (χ1v) is 12.9. The molecule has 0 atom stereocenters. The van der Waals surface area contributed by atoms with E-state index in [4.69, 9.17) is 4.74 Å². The predicted molar refractivity (Wildman–Crippen MR) is 128 cm³/mol. The Bertz CT molecular complexity index is 1200. The maximum atomic E-state index is 13.1. The van der Waals surface area contributed by atoms with Crippen LogP contribution in [0.4, 0.5) is 5.13 Å². The number of rotatable bonds is 7. The normalized spacial score (nSPS) is 14.8. The highest BCUT2D eigenvalue weighted by atomic mass is 32.2. The van der Waals surface area contributed by atoms with Crippen LogP contribution in [0.15, 0.2) is 59.5 Å². The average Bonchev–Trinajstić information content (AvgIpc) is 3.19. The van der Waals surface area contributed by atoms with E-state index < -0.39 is 10.0 Å². The second-order valence-electron chi connectivity index (χ2n) is 7.77. The number of piperazine rings is 1. The number of thiazole rings is 1. The van der Waals surface area contributed by atoms with Crippen LogP contribution >= 0.6 is 11.3 Å². The molecular weight excluding hydrogens is 460 g/mol. The van der Waals surface area contributed by atoms with Crippen molar-refractivity contribution in [3.63, 3.8) is 0 Å². The third-order valence-electron chi connectivity index (χ3n) is 5.49. The molecule has 3 aromatic rings. The van der Waals surface area contributed by atoms with Gasteiger partial charge in [0, 0.05) is 32.7 Å². The van der Waals surface area contributed by atoms with E-state index in [9.17, 15) is 13.2 Å². The lowest BCUT2D eigenvalue weighted by atomic mass is 10.2. The van der Waals surface area contributed by atoms with Gasteiger partial charge in [0.1, 0.15) is 10.6 Å². The Labute approximate surface area is 197 Å². The number of nitrogens with one attached hydrogen (secondary N) is 1. The van der Waals surface area contributed by atoms with Crippen molar-refractivity contribution in [2.45, 2.75) is 18.4 Å². The van der Waals surface area contributed by atoms with Gasteiger partial charge in [0.15, 0.2) is 5.13 Å². The molecule has 1 saturated heterocycles. The van der Waals surface area contributed by atoms with Crippen LogP contribution in [-0.4, -0.2) is 62.4 Å². The van der Waals surface area contributed by atoms with E-state index >= 15 is 0 Å². The number of sulfonamides is 1. The molecule has 4 rings (SSSR count). The summed E-state index contributed by atoms with van der Waals surface area (Å²) in [5.41, 5.74) is 1.77. The largest absolute Gasteiger partial charge is 0.497 e. The molecule has 174 valence electrons. The number of amides is 1. The number of hydrogen-bond acceptors (Lipinski definition) is 7. The topological polar surface area (TPSA) is 91.8 Å². The molecule has 0 aliphatic carbocycles. The highest BCUT2D eigenvalue weighted by Crippen LogP contribution is 2.27. The minimum absolute atomic E-state index is 0.0959. The monoisotopic (exact) mass is 486 g/mol. The molecule has 1 aliphatic heterocycles. The highest BCUT2D eigenvalue weighted by molar-refractivity contribution is 7.93. The molecular formula is C23H26N4O4S2. The Kier molecular flexibility index (Phi) is 6.96. The summed E-state index contributed by atoms with van der Waals surface area (Å²) in [6.45, 7) is 5.40. The van der Waals surface area contributed by atoms with Gasteiger partial charge in [-0.05, 0) is 36.8 Å². The van der Waals surface area contributed by atoms with Crippen molar-refractivity contribution in [2.75, 3.05) is 38.0 Å². The molecule has 1 aliphatic rings. The minimum atomic E-state index is -3.82. The fraction of sp³-hybridized carbons (Fsp3) is 0.304. The molecule has 1 aromatic heterocycles. The van der Waals surface area contributed by atoms with Crippen LogP contribution in [0, 0.1) is 6.92 Å². The lowest BCUT2D eigenvalue weighted by Gasteiger charge is -2.34. The summed E-state index contributed by atoms with van der Waals surface area (Å²) in [6, 6.07) is 16.3. The first-order chi connectivity index (χ1) is 15.9. The van der Waals surface area contributed by atoms with Crippen LogP contribution in [-0.2, 0) is 16.6 Å². The molecule has 1 N–H and O–H groups in total. The molecule has 0 radical (unpaired) electrons. The highest BCUT2D eigenvalue weighted by Gasteiger charge is 2.26. The predicted octanol–water partition coefficient (Wildman–Crippen LogP) is 3.22. The number of carbonyl (C=O) groups excluding carboxylic acids is 1. The van der Waals surface area contributed by atoms with Crippen LogP contribution in [0.1, 0.15) is 20.9 Å². The summed E-state index contributed by atoms with van der Waals surface area (Å²) in [6.07, 6.45) is 0. The van der Waals surface area contributed by atoms with Gasteiger partial charge in [-0.2, -0.15) is 0 Å². The number of methoxy groups -OCH3 is 1. The van der Waals surface area contributed by atoms with Gasteiger partial charge >= 0.3 is 0 Å². The first-order valence-electron chi connectivity index (χ1n) is 10.6. The lowest BCUT2D eigenvalue weighted by molar-refractivity contribution is 0.0632. The summed E-state index contributed by atoms with van der Waals surface area (Å²) in [5.74, 6) is 0.454. The third-order valence-corrected chi connectivity index (χ3v) is 8.04. The number of aromatic nitrogens is 1. The molecule has 33 heavy (non-hydrogen) atoms. The van der Waals surface area contributed by atoms with Gasteiger partial charge < -0.3 is 9.64 Å². The first kappa shape index (κ1) is 23.2. The number of hydrogen-bond donors (Lipinski definition) is 1. The summed E-state index contributed by atoms with van der Waals surface area (Å²) in [5, 5.41) is 0.175. The molecule has 1 amide bonds. The molecule has 2 heterocycles. The molecule has 0 saturated carbocycles. The summed E-state index contributed by atoms with van der Waals surface area (Å²) in [7, 11) is -2.30. The zero-order valence-corrected chi connectivity index (χ0v) is 20.2. The molecule has 0 unspecified atom stereocenters. The van der Waals surface area contributed by atoms with E-state index in [1.807, 2.05) is 23.1 Å². The number of anilines is 1. The van der Waals surface area contributed by atoms with Crippen LogP contribution in [0.2, 0.25) is 0 Å². The SMILES string of the molecule is COc1ccc(S(=O)(=O)Nc2nc(C)c(C(=O)N3CCN(Cc4ccccc4)CC3)s2)cc1. The van der Waals surface area contributed by atoms with Gasteiger partial charge in [0.2, 0.25) is 0 Å². The van der Waals surface area contributed by atoms with E-state index in [2.05, 4.69) is 26.7 Å². The van der Waals surface area contributed by atoms with Crippen molar-refractivity contribution in [3.05, 3.63) is 70.7 Å². The van der Waals surface area contributed by atoms with Gasteiger partial charge in [-0.15, -0.1) is 0 Å². The van der Waals surface area contributed by atoms with Gasteiger partial charge in [-0.1, -0.05) is 41.7 Å². The standard InChI is InChI=1S/C23H26N4O4S2/c1-17-21(22(28)27-14-12-26(13-15-27)16-18-6-4-3-5-7-18)32-23(24-17)25-33(29,30)20-10-8-19(31-2)9-11-20/h3-11H,12-16H2,1-2H3,(H,24,25). The Morgan fingerprint density at radius 3 is 2.36 bits per heavy atom. The van der Waals surface area contributed by atoms with E-state index in [1.165, 1.54) is 24.8 Å². The number of benzene rings is 2. The second kappa shape index (κ2) is 9.90. The smallest absolute Gasteiger partial charge is 0.266 e. The summed E-state index contributed by atoms with van der Waals surface area (Å²) in [4.78, 5) is 22.1. The third kappa shape index (κ3) is 5.52. The zero-order chi connectivity index (χ0) is 23.4. The lowest BCUT2D eigenvalue weighted by Crippen LogP contribution is -2.48. The van der Waals surface area contributed by atoms with Gasteiger partial charge in [0.05, 0.1) is 17.7 Å².